The van der Waals surface area contributed by atoms with Gasteiger partial charge in [-0.3, -0.25) is 28.7 Å². The predicted octanol–water partition coefficient (Wildman–Crippen LogP) is 9.12. The highest BCUT2D eigenvalue weighted by molar-refractivity contribution is 7.91. The van der Waals surface area contributed by atoms with Gasteiger partial charge in [0.15, 0.2) is 0 Å². The van der Waals surface area contributed by atoms with Crippen LogP contribution in [0.15, 0.2) is 108 Å². The maximum Gasteiger partial charge on any atom is 0.408 e. The van der Waals surface area contributed by atoms with Crippen molar-refractivity contribution in [3.63, 3.8) is 0 Å². The number of aliphatic carboxylic acids is 1. The number of nitrogens with one attached hydrogen (secondary N) is 5. The van der Waals surface area contributed by atoms with Gasteiger partial charge >= 0.3 is 18.2 Å². The third-order valence-electron chi connectivity index (χ3n) is 20.0. The first-order valence-corrected chi connectivity index (χ1v) is 42.0. The Morgan fingerprint density at radius 1 is 0.560 bits per heavy atom. The zero-order valence-electron chi connectivity index (χ0n) is 61.7. The van der Waals surface area contributed by atoms with E-state index in [0.717, 1.165) is 54.7 Å². The number of carbonyl (C=O) groups excluding carboxylic acids is 7. The number of carboxylic acid groups (broad SMARTS) is 1. The summed E-state index contributed by atoms with van der Waals surface area (Å²) in [5.41, 5.74) is -0.841. The topological polar surface area (TPSA) is 406 Å². The second-order valence-corrected chi connectivity index (χ2v) is 36.7. The number of aromatic nitrogens is 4. The molecule has 29 nitrogen and oxygen atoms in total. The number of amides is 7. The molecule has 8 aliphatic rings. The largest absolute Gasteiger partial charge is 0.479 e. The van der Waals surface area contributed by atoms with Crippen LogP contribution in [0.1, 0.15) is 157 Å². The maximum atomic E-state index is 14.5. The Kier molecular flexibility index (Phi) is 23.9. The molecule has 4 saturated carbocycles. The van der Waals surface area contributed by atoms with E-state index in [1.54, 1.807) is 41.5 Å². The highest BCUT2D eigenvalue weighted by atomic mass is 32.2. The van der Waals surface area contributed by atoms with Gasteiger partial charge in [-0.15, -0.1) is 22.7 Å². The number of rotatable bonds is 13. The van der Waals surface area contributed by atoms with Crippen LogP contribution in [0.25, 0.3) is 43.2 Å². The number of allylic oxidation sites excluding steroid dienone is 2. The molecule has 33 heteroatoms. The first kappa shape index (κ1) is 79.4. The summed E-state index contributed by atoms with van der Waals surface area (Å²) in [6.45, 7) is 10.4. The molecule has 10 atom stereocenters. The number of sulfonamides is 2. The summed E-state index contributed by atoms with van der Waals surface area (Å²) in [6.07, 6.45) is 14.4. The van der Waals surface area contributed by atoms with Crippen molar-refractivity contribution in [2.24, 2.45) is 17.0 Å². The first-order valence-electron chi connectivity index (χ1n) is 37.1. The molecular formula is C76H94N12O17S4. The Morgan fingerprint density at radius 3 is 1.36 bits per heavy atom. The summed E-state index contributed by atoms with van der Waals surface area (Å²) < 4.78 is 72.3. The van der Waals surface area contributed by atoms with Gasteiger partial charge in [0.2, 0.25) is 55.4 Å². The van der Waals surface area contributed by atoms with Crippen LogP contribution in [0.5, 0.6) is 11.8 Å². The number of ether oxygens (including phenoxy) is 4. The lowest BCUT2D eigenvalue weighted by atomic mass is 10.0. The normalized spacial score (nSPS) is 26.8. The quantitative estimate of drug-likeness (QED) is 0.0530. The van der Waals surface area contributed by atoms with Gasteiger partial charge in [-0.05, 0) is 166 Å². The van der Waals surface area contributed by atoms with Crippen LogP contribution in [0.4, 0.5) is 9.59 Å². The average molecular weight is 1580 g/mol. The zero-order chi connectivity index (χ0) is 77.8. The van der Waals surface area contributed by atoms with Gasteiger partial charge in [0.25, 0.3) is 5.91 Å². The molecule has 8 heterocycles. The van der Waals surface area contributed by atoms with Gasteiger partial charge in [-0.25, -0.2) is 56.3 Å². The van der Waals surface area contributed by atoms with Crippen molar-refractivity contribution in [1.82, 2.24) is 55.7 Å². The van der Waals surface area contributed by atoms with Gasteiger partial charge in [-0.2, -0.15) is 0 Å². The molecule has 4 aromatic heterocycles. The molecule has 0 bridgehead atoms. The molecule has 4 aliphatic heterocycles. The van der Waals surface area contributed by atoms with Crippen molar-refractivity contribution < 1.29 is 79.2 Å². The number of fused-ring (bicyclic) bond motifs is 6. The third kappa shape index (κ3) is 19.9. The van der Waals surface area contributed by atoms with E-state index in [2.05, 4.69) is 26.0 Å². The van der Waals surface area contributed by atoms with Crippen molar-refractivity contribution in [2.75, 3.05) is 13.1 Å². The Balaban J connectivity index is 0.000000187. The second kappa shape index (κ2) is 32.8. The van der Waals surface area contributed by atoms with Gasteiger partial charge in [0.1, 0.15) is 70.0 Å². The first-order chi connectivity index (χ1) is 51.8. The van der Waals surface area contributed by atoms with E-state index in [4.69, 9.17) is 44.0 Å². The van der Waals surface area contributed by atoms with Gasteiger partial charge in [0.05, 0.1) is 55.4 Å². The Labute approximate surface area is 640 Å². The minimum atomic E-state index is -3.89. The van der Waals surface area contributed by atoms with Crippen LogP contribution in [0, 0.1) is 11.8 Å². The smallest absolute Gasteiger partial charge is 0.408 e. The summed E-state index contributed by atoms with van der Waals surface area (Å²) in [7, 11) is -7.02. The number of alkyl carbamates (subject to hydrolysis) is 2. The van der Waals surface area contributed by atoms with Gasteiger partial charge < -0.3 is 55.1 Å². The fraction of sp³-hybridized carbons (Fsp3) is 0.526. The Morgan fingerprint density at radius 2 is 0.972 bits per heavy atom. The molecule has 7 amide bonds. The van der Waals surface area contributed by atoms with Crippen LogP contribution in [0.3, 0.4) is 0 Å². The summed E-state index contributed by atoms with van der Waals surface area (Å²) in [5.74, 6) is -4.32. The van der Waals surface area contributed by atoms with Crippen molar-refractivity contribution in [3.05, 3.63) is 108 Å². The molecule has 4 aliphatic carbocycles. The van der Waals surface area contributed by atoms with Crippen LogP contribution in [-0.4, -0.2) is 182 Å². The molecule has 6 fully saturated rings. The molecule has 0 unspecified atom stereocenters. The summed E-state index contributed by atoms with van der Waals surface area (Å²) in [4.78, 5) is 133. The monoisotopic (exact) mass is 1570 g/mol. The van der Waals surface area contributed by atoms with E-state index in [0.29, 0.717) is 78.4 Å². The third-order valence-corrected chi connectivity index (χ3v) is 25.0. The minimum absolute atomic E-state index is 0.0191. The van der Waals surface area contributed by atoms with Gasteiger partial charge in [-0.1, -0.05) is 86.4 Å². The molecule has 14 rings (SSSR count). The van der Waals surface area contributed by atoms with Crippen LogP contribution < -0.4 is 40.6 Å². The van der Waals surface area contributed by atoms with E-state index in [9.17, 15) is 60.3 Å². The van der Waals surface area contributed by atoms with E-state index in [-0.39, 0.29) is 61.7 Å². The highest BCUT2D eigenvalue weighted by Crippen LogP contribution is 2.48. The fourth-order valence-electron chi connectivity index (χ4n) is 13.9. The SMILES string of the molecule is CC(C)(C)OC(=O)N[C@H]1CCCCC/C=C\[C@@H]2C[C@@]2(C(=O)NS(=O)(=O)C2CC2)NC(=O)[C@@H]2C[C@@H](Oc3nc4ccccc4nc3-c3cccs3)CN2C1=O.CC(C)(C)OC(=O)N[C@H]1CCCCC/C=C\[C@@H]2C[C@@]2(C(=O)O)NC(=O)[C@@H]2C[C@@H](Oc3nc4ccccc4nc3-c3cccs3)CN2C1=O.NS(=O)(=O)C1CC1. The number of carboxylic acids is 1. The number of hydrogen-bond acceptors (Lipinski definition) is 22. The van der Waals surface area contributed by atoms with Crippen molar-refractivity contribution in [1.29, 1.82) is 0 Å². The molecule has 8 N–H and O–H groups in total. The standard InChI is InChI=1S/C38H46N6O8S2.C35H41N5O7S.C3H7NO2S/c1-37(2,3)52-36(48)41-28-15-8-6-4-5-7-12-23-21-38(23,35(47)43-54(49,50)25-17-18-25)42-32(45)29-20-24(22-44(29)34(28)46)51-33-31(30-16-11-19-53-30)39-26-13-9-10-14-27(26)40-33;1-34(2,3)47-33(45)38-25-15-8-6-4-5-7-12-21-19-35(21,32(43)44)39-29(41)26-18-22(20-40(26)31(25)42)46-30-28(27-16-11-17-48-27)36-23-13-9-10-14-24(23)37-30;4-7(5,6)3-1-2-3/h7,9-14,16,19,23-25,28-29H,4-6,8,15,17-18,20-22H2,1-3H3,(H,41,48)(H,42,45)(H,43,47);7,9-14,16-17,21-22,25-26H,4-6,8,15,18-20H2,1-3H3,(H,38,45)(H,39,41)(H,43,44);3H,1-2H2,(H2,4,5,6)/b2*12-7-;/t23-,24-,28+,29+,38-;21-,22-,25+,26+,35-;/m11./s1. The number of primary sulfonamides is 1. The lowest BCUT2D eigenvalue weighted by molar-refractivity contribution is -0.145. The molecule has 0 spiro atoms. The van der Waals surface area contributed by atoms with E-state index in [1.165, 1.54) is 32.5 Å². The lowest BCUT2D eigenvalue weighted by Gasteiger charge is -2.30. The zero-order valence-corrected chi connectivity index (χ0v) is 64.9. The minimum Gasteiger partial charge on any atom is -0.479 e. The summed E-state index contributed by atoms with van der Waals surface area (Å²) >= 11 is 2.96. The Hall–Kier alpha value is -9.18. The number of thiophene rings is 2. The number of carbonyl (C=O) groups is 8. The van der Waals surface area contributed by atoms with Crippen LogP contribution in [-0.2, 0) is 58.3 Å². The second-order valence-electron chi connectivity index (χ2n) is 31.0. The number of para-hydroxylation sites is 4. The Bertz CT molecular complexity index is 4700. The predicted molar refractivity (Wildman–Crippen MR) is 407 cm³/mol. The maximum absolute atomic E-state index is 14.5. The number of benzene rings is 2. The van der Waals surface area contributed by atoms with E-state index >= 15 is 0 Å². The highest BCUT2D eigenvalue weighted by Gasteiger charge is 2.63. The van der Waals surface area contributed by atoms with Crippen LogP contribution in [0.2, 0.25) is 0 Å². The van der Waals surface area contributed by atoms with E-state index < -0.39 is 138 Å². The van der Waals surface area contributed by atoms with Crippen LogP contribution >= 0.6 is 22.7 Å². The molecule has 6 aromatic rings. The number of nitrogens with zero attached hydrogens (tertiary/aromatic N) is 6. The molecule has 2 saturated heterocycles. The molecular weight excluding hydrogens is 1480 g/mol. The van der Waals surface area contributed by atoms with Gasteiger partial charge in [0, 0.05) is 24.7 Å². The molecule has 0 radical (unpaired) electrons. The summed E-state index contributed by atoms with van der Waals surface area (Å²) in [6, 6.07) is 18.4. The summed E-state index contributed by atoms with van der Waals surface area (Å²) in [5, 5.41) is 29.1. The van der Waals surface area contributed by atoms with Crippen molar-refractivity contribution in [3.8, 4) is 32.9 Å². The van der Waals surface area contributed by atoms with Crippen molar-refractivity contribution >= 4 is 112 Å². The number of nitrogens with two attached hydrogens (primary N) is 1. The van der Waals surface area contributed by atoms with E-state index in [1.807, 2.05) is 108 Å². The molecule has 109 heavy (non-hydrogen) atoms. The molecule has 584 valence electrons. The lowest BCUT2D eigenvalue weighted by Crippen LogP contribution is -2.58. The molecule has 2 aromatic carbocycles. The number of hydrogen-bond donors (Lipinski definition) is 7. The fourth-order valence-corrected chi connectivity index (χ4v) is 17.5. The van der Waals surface area contributed by atoms with Crippen molar-refractivity contribution in [2.45, 2.75) is 226 Å². The average Bonchev–Trinajstić information content (AvgIpc) is 1.57.